The van der Waals surface area contributed by atoms with Crippen molar-refractivity contribution in [2.75, 3.05) is 30.0 Å². The van der Waals surface area contributed by atoms with Gasteiger partial charge < -0.3 is 21.7 Å². The molecule has 0 aliphatic heterocycles. The zero-order valence-corrected chi connectivity index (χ0v) is 15.7. The molecule has 0 saturated carbocycles. The number of hydrogen-bond acceptors (Lipinski definition) is 5. The van der Waals surface area contributed by atoms with Crippen LogP contribution in [-0.2, 0) is 4.79 Å². The van der Waals surface area contributed by atoms with Crippen molar-refractivity contribution in [3.8, 4) is 0 Å². The topological polar surface area (TPSA) is 91.5 Å². The molecule has 0 atom stereocenters. The highest BCUT2D eigenvalue weighted by molar-refractivity contribution is 6.34. The predicted molar refractivity (Wildman–Crippen MR) is 111 cm³/mol. The fourth-order valence-electron chi connectivity index (χ4n) is 2.25. The summed E-state index contributed by atoms with van der Waals surface area (Å²) in [6.45, 7) is 1.72. The van der Waals surface area contributed by atoms with Gasteiger partial charge in [-0.1, -0.05) is 11.6 Å². The largest absolute Gasteiger partial charge is 0.404 e. The Morgan fingerprint density at radius 2 is 1.73 bits per heavy atom. The summed E-state index contributed by atoms with van der Waals surface area (Å²) in [5, 5.41) is 9.56. The van der Waals surface area contributed by atoms with Gasteiger partial charge in [0.25, 0.3) is 5.91 Å². The van der Waals surface area contributed by atoms with Crippen LogP contribution in [-0.4, -0.2) is 25.7 Å². The molecule has 1 amide bonds. The molecule has 7 heteroatoms. The average Bonchev–Trinajstić information content (AvgIpc) is 2.65. The highest BCUT2D eigenvalue weighted by atomic mass is 35.5. The molecule has 26 heavy (non-hydrogen) atoms. The van der Waals surface area contributed by atoms with Gasteiger partial charge in [0.05, 0.1) is 16.3 Å². The minimum absolute atomic E-state index is 0.315. The van der Waals surface area contributed by atoms with Crippen molar-refractivity contribution < 1.29 is 4.79 Å². The number of amides is 1. The summed E-state index contributed by atoms with van der Waals surface area (Å²) in [6.07, 6.45) is 1.24. The Balaban J connectivity index is 2.12. The standard InChI is InChI=1S/C19H22ClN5O/c1-12(22-2)16(11-21)19(26)25-15-8-9-18(17(20)10-15)24-14-6-4-13(23-3)5-7-14/h4-11,23-24H,21H2,1-3H3,(H,25,26). The van der Waals surface area contributed by atoms with Crippen LogP contribution in [0, 0.1) is 0 Å². The van der Waals surface area contributed by atoms with Crippen LogP contribution in [0.25, 0.3) is 0 Å². The number of carbonyl (C=O) groups excluding carboxylic acids is 1. The molecule has 0 fully saturated rings. The molecule has 0 aliphatic rings. The Morgan fingerprint density at radius 3 is 2.27 bits per heavy atom. The molecule has 6 nitrogen and oxygen atoms in total. The SMILES string of the molecule is CN=C(C)C(=CN)C(=O)Nc1ccc(Nc2ccc(NC)cc2)c(Cl)c1. The highest BCUT2D eigenvalue weighted by Gasteiger charge is 2.13. The number of hydrogen-bond donors (Lipinski definition) is 4. The van der Waals surface area contributed by atoms with E-state index in [0.717, 1.165) is 17.1 Å². The van der Waals surface area contributed by atoms with Crippen molar-refractivity contribution in [1.29, 1.82) is 0 Å². The van der Waals surface area contributed by atoms with Gasteiger partial charge in [0.15, 0.2) is 0 Å². The lowest BCUT2D eigenvalue weighted by molar-refractivity contribution is -0.112. The number of aliphatic imine (C=N–C) groups is 1. The van der Waals surface area contributed by atoms with E-state index in [1.807, 2.05) is 31.3 Å². The number of halogens is 1. The third-order valence-electron chi connectivity index (χ3n) is 3.82. The summed E-state index contributed by atoms with van der Waals surface area (Å²) in [7, 11) is 3.47. The van der Waals surface area contributed by atoms with Crippen LogP contribution in [0.1, 0.15) is 6.92 Å². The normalized spacial score (nSPS) is 11.8. The van der Waals surface area contributed by atoms with Crippen LogP contribution < -0.4 is 21.7 Å². The van der Waals surface area contributed by atoms with E-state index in [2.05, 4.69) is 20.9 Å². The molecule has 2 aromatic rings. The van der Waals surface area contributed by atoms with E-state index in [4.69, 9.17) is 17.3 Å². The van der Waals surface area contributed by atoms with Crippen LogP contribution in [0.3, 0.4) is 0 Å². The van der Waals surface area contributed by atoms with Crippen LogP contribution in [0.2, 0.25) is 5.02 Å². The minimum Gasteiger partial charge on any atom is -0.404 e. The van der Waals surface area contributed by atoms with Crippen LogP contribution in [0.4, 0.5) is 22.7 Å². The molecule has 0 radical (unpaired) electrons. The summed E-state index contributed by atoms with van der Waals surface area (Å²) in [4.78, 5) is 16.3. The lowest BCUT2D eigenvalue weighted by Gasteiger charge is -2.12. The Hall–Kier alpha value is -2.99. The van der Waals surface area contributed by atoms with E-state index >= 15 is 0 Å². The second-order valence-corrected chi connectivity index (χ2v) is 5.90. The quantitative estimate of drug-likeness (QED) is 0.456. The maximum Gasteiger partial charge on any atom is 0.258 e. The van der Waals surface area contributed by atoms with Crippen LogP contribution in [0.15, 0.2) is 59.2 Å². The van der Waals surface area contributed by atoms with E-state index in [0.29, 0.717) is 22.0 Å². The maximum absolute atomic E-state index is 12.3. The van der Waals surface area contributed by atoms with Gasteiger partial charge in [0.2, 0.25) is 0 Å². The van der Waals surface area contributed by atoms with E-state index in [1.165, 1.54) is 6.20 Å². The van der Waals surface area contributed by atoms with Crippen molar-refractivity contribution in [3.63, 3.8) is 0 Å². The molecule has 0 spiro atoms. The van der Waals surface area contributed by atoms with Crippen molar-refractivity contribution in [2.24, 2.45) is 10.7 Å². The van der Waals surface area contributed by atoms with E-state index in [1.54, 1.807) is 32.2 Å². The Morgan fingerprint density at radius 1 is 1.12 bits per heavy atom. The molecule has 0 heterocycles. The molecule has 136 valence electrons. The van der Waals surface area contributed by atoms with Gasteiger partial charge in [-0.05, 0) is 49.4 Å². The molecule has 2 rings (SSSR count). The molecule has 0 unspecified atom stereocenters. The van der Waals surface area contributed by atoms with E-state index < -0.39 is 0 Å². The average molecular weight is 372 g/mol. The number of anilines is 4. The van der Waals surface area contributed by atoms with E-state index in [-0.39, 0.29) is 5.91 Å². The second kappa shape index (κ2) is 8.92. The molecule has 0 saturated heterocycles. The van der Waals surface area contributed by atoms with Gasteiger partial charge in [-0.2, -0.15) is 0 Å². The molecule has 0 aromatic heterocycles. The zero-order chi connectivity index (χ0) is 19.1. The van der Waals surface area contributed by atoms with Gasteiger partial charge in [0, 0.05) is 43.1 Å². The van der Waals surface area contributed by atoms with Crippen LogP contribution >= 0.6 is 11.6 Å². The van der Waals surface area contributed by atoms with Gasteiger partial charge in [-0.25, -0.2) is 0 Å². The monoisotopic (exact) mass is 371 g/mol. The highest BCUT2D eigenvalue weighted by Crippen LogP contribution is 2.29. The summed E-state index contributed by atoms with van der Waals surface area (Å²) in [5.74, 6) is -0.338. The van der Waals surface area contributed by atoms with Gasteiger partial charge in [-0.15, -0.1) is 0 Å². The Kier molecular flexibility index (Phi) is 6.63. The lowest BCUT2D eigenvalue weighted by Crippen LogP contribution is -2.20. The van der Waals surface area contributed by atoms with Gasteiger partial charge >= 0.3 is 0 Å². The first-order valence-electron chi connectivity index (χ1n) is 8.00. The number of nitrogens with two attached hydrogens (primary N) is 1. The smallest absolute Gasteiger partial charge is 0.258 e. The summed E-state index contributed by atoms with van der Waals surface area (Å²) in [6, 6.07) is 13.1. The first-order valence-corrected chi connectivity index (χ1v) is 8.37. The van der Waals surface area contributed by atoms with Crippen LogP contribution in [0.5, 0.6) is 0 Å². The third-order valence-corrected chi connectivity index (χ3v) is 4.13. The molecular formula is C19H22ClN5O. The number of nitrogens with zero attached hydrogens (tertiary/aromatic N) is 1. The summed E-state index contributed by atoms with van der Waals surface area (Å²) < 4.78 is 0. The lowest BCUT2D eigenvalue weighted by atomic mass is 10.1. The fraction of sp³-hybridized carbons (Fsp3) is 0.158. The van der Waals surface area contributed by atoms with Crippen molar-refractivity contribution in [3.05, 3.63) is 59.3 Å². The molecular weight excluding hydrogens is 350 g/mol. The number of carbonyl (C=O) groups is 1. The van der Waals surface area contributed by atoms with Crippen molar-refractivity contribution in [2.45, 2.75) is 6.92 Å². The van der Waals surface area contributed by atoms with E-state index in [9.17, 15) is 4.79 Å². The van der Waals surface area contributed by atoms with Gasteiger partial charge in [-0.3, -0.25) is 9.79 Å². The van der Waals surface area contributed by atoms with Gasteiger partial charge in [0.1, 0.15) is 0 Å². The molecule has 5 N–H and O–H groups in total. The predicted octanol–water partition coefficient (Wildman–Crippen LogP) is 4.00. The number of nitrogens with one attached hydrogen (secondary N) is 3. The summed E-state index contributed by atoms with van der Waals surface area (Å²) in [5.41, 5.74) is 9.63. The van der Waals surface area contributed by atoms with Crippen molar-refractivity contribution in [1.82, 2.24) is 0 Å². The number of benzene rings is 2. The zero-order valence-electron chi connectivity index (χ0n) is 14.9. The Labute approximate surface area is 158 Å². The Bertz CT molecular complexity index is 844. The van der Waals surface area contributed by atoms with Crippen molar-refractivity contribution >= 4 is 46.0 Å². The maximum atomic E-state index is 12.3. The first-order chi connectivity index (χ1) is 12.5. The number of rotatable bonds is 6. The first kappa shape index (κ1) is 19.3. The fourth-order valence-corrected chi connectivity index (χ4v) is 2.48. The minimum atomic E-state index is -0.338. The second-order valence-electron chi connectivity index (χ2n) is 5.49. The molecule has 0 bridgehead atoms. The molecule has 2 aromatic carbocycles. The third kappa shape index (κ3) is 4.77. The molecule has 0 aliphatic carbocycles. The summed E-state index contributed by atoms with van der Waals surface area (Å²) >= 11 is 6.34.